The SMILES string of the molecule is CCCC(NCc1ccc(Br)o1)c1nnc2ccccn12. The van der Waals surface area contributed by atoms with Crippen LogP contribution in [0.2, 0.25) is 0 Å². The van der Waals surface area contributed by atoms with Crippen LogP contribution >= 0.6 is 15.9 Å². The highest BCUT2D eigenvalue weighted by molar-refractivity contribution is 9.10. The van der Waals surface area contributed by atoms with E-state index < -0.39 is 0 Å². The van der Waals surface area contributed by atoms with Crippen LogP contribution in [0.3, 0.4) is 0 Å². The van der Waals surface area contributed by atoms with E-state index in [0.717, 1.165) is 34.7 Å². The van der Waals surface area contributed by atoms with Crippen molar-refractivity contribution in [2.24, 2.45) is 0 Å². The quantitative estimate of drug-likeness (QED) is 0.737. The van der Waals surface area contributed by atoms with E-state index >= 15 is 0 Å². The number of nitrogens with zero attached hydrogens (tertiary/aromatic N) is 3. The zero-order chi connectivity index (χ0) is 14.7. The Labute approximate surface area is 131 Å². The first kappa shape index (κ1) is 14.3. The summed E-state index contributed by atoms with van der Waals surface area (Å²) in [6.45, 7) is 2.83. The van der Waals surface area contributed by atoms with Crippen LogP contribution in [0, 0.1) is 0 Å². The average Bonchev–Trinajstić information content (AvgIpc) is 3.10. The van der Waals surface area contributed by atoms with Gasteiger partial charge in [-0.3, -0.25) is 4.40 Å². The summed E-state index contributed by atoms with van der Waals surface area (Å²) >= 11 is 3.32. The van der Waals surface area contributed by atoms with Gasteiger partial charge in [-0.15, -0.1) is 10.2 Å². The van der Waals surface area contributed by atoms with Gasteiger partial charge in [0.2, 0.25) is 0 Å². The number of aromatic nitrogens is 3. The van der Waals surface area contributed by atoms with Crippen molar-refractivity contribution < 1.29 is 4.42 Å². The van der Waals surface area contributed by atoms with Gasteiger partial charge in [0.25, 0.3) is 0 Å². The minimum absolute atomic E-state index is 0.149. The van der Waals surface area contributed by atoms with E-state index in [2.05, 4.69) is 38.4 Å². The van der Waals surface area contributed by atoms with Crippen molar-refractivity contribution in [3.63, 3.8) is 0 Å². The Morgan fingerprint density at radius 1 is 1.29 bits per heavy atom. The molecule has 21 heavy (non-hydrogen) atoms. The summed E-state index contributed by atoms with van der Waals surface area (Å²) in [5.74, 6) is 1.84. The number of halogens is 1. The third-order valence-electron chi connectivity index (χ3n) is 3.38. The van der Waals surface area contributed by atoms with Gasteiger partial charge < -0.3 is 9.73 Å². The number of furan rings is 1. The molecule has 1 atom stereocenters. The maximum Gasteiger partial charge on any atom is 0.169 e. The maximum atomic E-state index is 5.53. The first-order valence-corrected chi connectivity index (χ1v) is 7.84. The van der Waals surface area contributed by atoms with Crippen LogP contribution in [0.1, 0.15) is 37.4 Å². The summed E-state index contributed by atoms with van der Waals surface area (Å²) in [6.07, 6.45) is 4.07. The van der Waals surface area contributed by atoms with Gasteiger partial charge in [0.1, 0.15) is 5.76 Å². The summed E-state index contributed by atoms with van der Waals surface area (Å²) in [6, 6.07) is 9.93. The van der Waals surface area contributed by atoms with E-state index in [9.17, 15) is 0 Å². The molecule has 0 saturated heterocycles. The van der Waals surface area contributed by atoms with E-state index in [1.807, 2.05) is 40.9 Å². The van der Waals surface area contributed by atoms with E-state index in [4.69, 9.17) is 4.42 Å². The molecule has 0 aromatic carbocycles. The van der Waals surface area contributed by atoms with Crippen molar-refractivity contribution in [3.8, 4) is 0 Å². The first-order chi connectivity index (χ1) is 10.3. The van der Waals surface area contributed by atoms with Crippen molar-refractivity contribution in [2.75, 3.05) is 0 Å². The number of pyridine rings is 1. The lowest BCUT2D eigenvalue weighted by Crippen LogP contribution is -2.22. The second-order valence-corrected chi connectivity index (χ2v) is 5.70. The molecule has 0 aliphatic carbocycles. The van der Waals surface area contributed by atoms with Gasteiger partial charge in [-0.2, -0.15) is 0 Å². The number of fused-ring (bicyclic) bond motifs is 1. The number of hydrogen-bond acceptors (Lipinski definition) is 4. The topological polar surface area (TPSA) is 55.4 Å². The van der Waals surface area contributed by atoms with Crippen LogP contribution in [0.15, 0.2) is 45.6 Å². The molecular weight excluding hydrogens is 332 g/mol. The Bertz CT molecular complexity index is 721. The Balaban J connectivity index is 1.80. The van der Waals surface area contributed by atoms with E-state index in [0.29, 0.717) is 6.54 Å². The van der Waals surface area contributed by atoms with Crippen molar-refractivity contribution in [1.82, 2.24) is 19.9 Å². The number of nitrogens with one attached hydrogen (secondary N) is 1. The van der Waals surface area contributed by atoms with Gasteiger partial charge in [-0.1, -0.05) is 19.4 Å². The summed E-state index contributed by atoms with van der Waals surface area (Å²) < 4.78 is 8.31. The van der Waals surface area contributed by atoms with Crippen LogP contribution in [0.4, 0.5) is 0 Å². The molecule has 1 N–H and O–H groups in total. The number of hydrogen-bond donors (Lipinski definition) is 1. The van der Waals surface area contributed by atoms with E-state index in [1.54, 1.807) is 0 Å². The predicted octanol–water partition coefficient (Wildman–Crippen LogP) is 3.72. The molecule has 3 heterocycles. The van der Waals surface area contributed by atoms with Gasteiger partial charge >= 0.3 is 0 Å². The molecule has 6 heteroatoms. The second-order valence-electron chi connectivity index (χ2n) is 4.92. The molecule has 0 aliphatic rings. The molecule has 0 saturated carbocycles. The van der Waals surface area contributed by atoms with Crippen LogP contribution in [-0.4, -0.2) is 14.6 Å². The smallest absolute Gasteiger partial charge is 0.169 e. The molecule has 3 rings (SSSR count). The molecule has 110 valence electrons. The summed E-state index contributed by atoms with van der Waals surface area (Å²) in [5, 5.41) is 12.1. The summed E-state index contributed by atoms with van der Waals surface area (Å²) in [7, 11) is 0. The van der Waals surface area contributed by atoms with Gasteiger partial charge in [-0.05, 0) is 46.6 Å². The highest BCUT2D eigenvalue weighted by Gasteiger charge is 2.17. The highest BCUT2D eigenvalue weighted by atomic mass is 79.9. The fourth-order valence-electron chi connectivity index (χ4n) is 2.38. The van der Waals surface area contributed by atoms with Crippen molar-refractivity contribution in [2.45, 2.75) is 32.4 Å². The van der Waals surface area contributed by atoms with Crippen LogP contribution in [0.25, 0.3) is 5.65 Å². The molecule has 3 aromatic heterocycles. The Morgan fingerprint density at radius 3 is 2.95 bits per heavy atom. The zero-order valence-corrected chi connectivity index (χ0v) is 13.4. The second kappa shape index (κ2) is 6.41. The van der Waals surface area contributed by atoms with Gasteiger partial charge in [0.05, 0.1) is 12.6 Å². The standard InChI is InChI=1S/C15H17BrN4O/c1-2-5-12(17-10-11-7-8-13(16)21-11)15-19-18-14-6-3-4-9-20(14)15/h3-4,6-9,12,17H,2,5,10H2,1H3. The minimum atomic E-state index is 0.149. The van der Waals surface area contributed by atoms with Gasteiger partial charge in [-0.25, -0.2) is 0 Å². The molecule has 3 aromatic rings. The fraction of sp³-hybridized carbons (Fsp3) is 0.333. The molecule has 0 aliphatic heterocycles. The highest BCUT2D eigenvalue weighted by Crippen LogP contribution is 2.20. The molecule has 0 fully saturated rings. The summed E-state index contributed by atoms with van der Waals surface area (Å²) in [5.41, 5.74) is 0.871. The third-order valence-corrected chi connectivity index (χ3v) is 3.81. The van der Waals surface area contributed by atoms with Crippen molar-refractivity contribution in [3.05, 3.63) is 52.8 Å². The normalized spacial score (nSPS) is 12.9. The van der Waals surface area contributed by atoms with Gasteiger partial charge in [0, 0.05) is 6.20 Å². The predicted molar refractivity (Wildman–Crippen MR) is 83.9 cm³/mol. The third kappa shape index (κ3) is 3.16. The van der Waals surface area contributed by atoms with Crippen molar-refractivity contribution in [1.29, 1.82) is 0 Å². The lowest BCUT2D eigenvalue weighted by atomic mass is 10.1. The molecule has 0 radical (unpaired) electrons. The monoisotopic (exact) mass is 348 g/mol. The molecular formula is C15H17BrN4O. The molecule has 0 spiro atoms. The molecule has 1 unspecified atom stereocenters. The molecule has 0 bridgehead atoms. The van der Waals surface area contributed by atoms with Crippen LogP contribution in [0.5, 0.6) is 0 Å². The Hall–Kier alpha value is -1.66. The van der Waals surface area contributed by atoms with E-state index in [-0.39, 0.29) is 6.04 Å². The zero-order valence-electron chi connectivity index (χ0n) is 11.8. The fourth-order valence-corrected chi connectivity index (χ4v) is 2.72. The van der Waals surface area contributed by atoms with E-state index in [1.165, 1.54) is 0 Å². The lowest BCUT2D eigenvalue weighted by Gasteiger charge is -2.15. The average molecular weight is 349 g/mol. The van der Waals surface area contributed by atoms with Crippen LogP contribution in [-0.2, 0) is 6.54 Å². The number of rotatable bonds is 6. The summed E-state index contributed by atoms with van der Waals surface area (Å²) in [4.78, 5) is 0. The van der Waals surface area contributed by atoms with Crippen LogP contribution < -0.4 is 5.32 Å². The molecule has 5 nitrogen and oxygen atoms in total. The Morgan fingerprint density at radius 2 is 2.19 bits per heavy atom. The first-order valence-electron chi connectivity index (χ1n) is 7.05. The Kier molecular flexibility index (Phi) is 4.36. The largest absolute Gasteiger partial charge is 0.453 e. The van der Waals surface area contributed by atoms with Crippen molar-refractivity contribution >= 4 is 21.6 Å². The maximum absolute atomic E-state index is 5.53. The lowest BCUT2D eigenvalue weighted by molar-refractivity contribution is 0.413. The van der Waals surface area contributed by atoms with Gasteiger partial charge in [0.15, 0.2) is 16.1 Å². The molecule has 0 amide bonds. The minimum Gasteiger partial charge on any atom is -0.453 e.